The van der Waals surface area contributed by atoms with E-state index < -0.39 is 18.4 Å². The predicted molar refractivity (Wildman–Crippen MR) is 121 cm³/mol. The SMILES string of the molecule is CCC[CH2][Sn]([CH2]CCC)([CH2]CCC)[C]1=CN([C@H]2CC[C@@H](OC)CC2)CC=N1. The van der Waals surface area contributed by atoms with E-state index in [2.05, 4.69) is 38.1 Å². The average molecular weight is 483 g/mol. The van der Waals surface area contributed by atoms with E-state index in [1.54, 1.807) is 3.71 Å². The van der Waals surface area contributed by atoms with Crippen LogP contribution in [0.15, 0.2) is 14.9 Å². The Bertz CT molecular complexity index is 447. The summed E-state index contributed by atoms with van der Waals surface area (Å²) in [6, 6.07) is 0.700. The number of aliphatic imine (C=N–C) groups is 1. The van der Waals surface area contributed by atoms with Crippen molar-refractivity contribution in [3.05, 3.63) is 9.91 Å². The second-order valence-electron chi connectivity index (χ2n) is 8.78. The van der Waals surface area contributed by atoms with Crippen LogP contribution in [0.5, 0.6) is 0 Å². The number of hydrogen-bond acceptors (Lipinski definition) is 3. The molecule has 156 valence electrons. The number of hydrogen-bond donors (Lipinski definition) is 0. The van der Waals surface area contributed by atoms with Crippen LogP contribution in [0.1, 0.15) is 85.0 Å². The van der Waals surface area contributed by atoms with E-state index in [-0.39, 0.29) is 0 Å². The zero-order chi connectivity index (χ0) is 19.5. The van der Waals surface area contributed by atoms with Crippen molar-refractivity contribution in [3.63, 3.8) is 0 Å². The van der Waals surface area contributed by atoms with Gasteiger partial charge in [0, 0.05) is 0 Å². The Morgan fingerprint density at radius 2 is 1.52 bits per heavy atom. The van der Waals surface area contributed by atoms with Gasteiger partial charge in [-0.05, 0) is 0 Å². The zero-order valence-electron chi connectivity index (χ0n) is 18.5. The van der Waals surface area contributed by atoms with Gasteiger partial charge in [0.25, 0.3) is 0 Å². The van der Waals surface area contributed by atoms with Gasteiger partial charge in [0.15, 0.2) is 0 Å². The Morgan fingerprint density at radius 3 is 2.00 bits per heavy atom. The molecule has 0 spiro atoms. The maximum absolute atomic E-state index is 5.59. The summed E-state index contributed by atoms with van der Waals surface area (Å²) in [5, 5.41) is 0. The molecule has 1 fully saturated rings. The van der Waals surface area contributed by atoms with E-state index >= 15 is 0 Å². The third-order valence-corrected chi connectivity index (χ3v) is 21.9. The van der Waals surface area contributed by atoms with Crippen molar-refractivity contribution in [1.82, 2.24) is 4.90 Å². The average Bonchev–Trinajstić information content (AvgIpc) is 2.73. The minimum atomic E-state index is -2.40. The molecule has 0 radical (unpaired) electrons. The van der Waals surface area contributed by atoms with Crippen molar-refractivity contribution in [2.75, 3.05) is 13.7 Å². The van der Waals surface area contributed by atoms with E-state index in [1.807, 2.05) is 7.11 Å². The molecule has 3 nitrogen and oxygen atoms in total. The number of unbranched alkanes of at least 4 members (excludes halogenated alkanes) is 3. The van der Waals surface area contributed by atoms with E-state index in [0.717, 1.165) is 6.54 Å². The summed E-state index contributed by atoms with van der Waals surface area (Å²) in [5.74, 6) is 0. The molecule has 0 bridgehead atoms. The van der Waals surface area contributed by atoms with Crippen molar-refractivity contribution in [2.24, 2.45) is 4.99 Å². The fourth-order valence-corrected chi connectivity index (χ4v) is 20.4. The number of rotatable bonds is 12. The van der Waals surface area contributed by atoms with Crippen molar-refractivity contribution < 1.29 is 4.74 Å². The van der Waals surface area contributed by atoms with Crippen molar-refractivity contribution in [3.8, 4) is 0 Å². The molecule has 0 aromatic rings. The summed E-state index contributed by atoms with van der Waals surface area (Å²) in [6.45, 7) is 8.09. The maximum atomic E-state index is 5.59. The fourth-order valence-electron chi connectivity index (χ4n) is 4.92. The molecule has 1 heterocycles. The summed E-state index contributed by atoms with van der Waals surface area (Å²) >= 11 is -2.40. The van der Waals surface area contributed by atoms with Crippen LogP contribution in [0.3, 0.4) is 0 Å². The van der Waals surface area contributed by atoms with E-state index in [9.17, 15) is 0 Å². The van der Waals surface area contributed by atoms with Crippen LogP contribution >= 0.6 is 0 Å². The molecule has 0 unspecified atom stereocenters. The molecule has 0 N–H and O–H groups in total. The monoisotopic (exact) mass is 484 g/mol. The van der Waals surface area contributed by atoms with Gasteiger partial charge in [-0.15, -0.1) is 0 Å². The van der Waals surface area contributed by atoms with Crippen LogP contribution in [0, 0.1) is 0 Å². The summed E-state index contributed by atoms with van der Waals surface area (Å²) in [4.78, 5) is 7.76. The molecule has 0 aromatic carbocycles. The molecule has 4 heteroatoms. The molecule has 1 saturated carbocycles. The molecule has 2 rings (SSSR count). The number of ether oxygens (including phenoxy) is 1. The summed E-state index contributed by atoms with van der Waals surface area (Å²) in [5.41, 5.74) is 0. The Labute approximate surface area is 172 Å². The van der Waals surface area contributed by atoms with Crippen molar-refractivity contribution in [1.29, 1.82) is 0 Å². The van der Waals surface area contributed by atoms with E-state index in [4.69, 9.17) is 9.73 Å². The number of methoxy groups -OCH3 is 1. The van der Waals surface area contributed by atoms with Crippen LogP contribution in [0.2, 0.25) is 13.3 Å². The zero-order valence-corrected chi connectivity index (χ0v) is 21.4. The van der Waals surface area contributed by atoms with Gasteiger partial charge >= 0.3 is 173 Å². The van der Waals surface area contributed by atoms with Crippen molar-refractivity contribution in [2.45, 2.75) is 110 Å². The van der Waals surface area contributed by atoms with Gasteiger partial charge in [-0.25, -0.2) is 0 Å². The summed E-state index contributed by atoms with van der Waals surface area (Å²) < 4.78 is 11.7. The summed E-state index contributed by atoms with van der Waals surface area (Å²) in [6.07, 6.45) is 18.5. The molecule has 0 atom stereocenters. The Morgan fingerprint density at radius 1 is 0.963 bits per heavy atom. The van der Waals surface area contributed by atoms with Crippen LogP contribution in [-0.2, 0) is 4.74 Å². The fraction of sp³-hybridized carbons (Fsp3) is 0.870. The normalized spacial score (nSPS) is 23.6. The molecule has 1 aliphatic heterocycles. The topological polar surface area (TPSA) is 24.8 Å². The van der Waals surface area contributed by atoms with Gasteiger partial charge in [-0.2, -0.15) is 0 Å². The summed E-state index contributed by atoms with van der Waals surface area (Å²) in [7, 11) is 1.87. The second kappa shape index (κ2) is 12.5. The third-order valence-electron chi connectivity index (χ3n) is 6.83. The first-order valence-electron chi connectivity index (χ1n) is 11.7. The standard InChI is InChI=1S/C11H17N2O.3C4H9.Sn/c1-14-11-4-2-10(3-5-11)13-8-6-12-7-9-13;3*1-3-4-2;/h6,9-11H,2-5,8H2,1H3;3*1,3-4H2,2H3;/t10-,11+;;;;. The molecular formula is C23H44N2OSn. The molecular weight excluding hydrogens is 439 g/mol. The molecule has 1 aliphatic carbocycles. The predicted octanol–water partition coefficient (Wildman–Crippen LogP) is 6.56. The van der Waals surface area contributed by atoms with Crippen molar-refractivity contribution >= 4 is 24.6 Å². The molecule has 0 amide bonds. The van der Waals surface area contributed by atoms with Gasteiger partial charge in [0.05, 0.1) is 0 Å². The van der Waals surface area contributed by atoms with Gasteiger partial charge in [-0.3, -0.25) is 0 Å². The third kappa shape index (κ3) is 6.76. The first-order valence-corrected chi connectivity index (χ1v) is 19.2. The molecule has 2 aliphatic rings. The molecule has 0 aromatic heterocycles. The minimum absolute atomic E-state index is 0.486. The molecule has 0 saturated heterocycles. The van der Waals surface area contributed by atoms with Crippen LogP contribution < -0.4 is 0 Å². The molecule has 27 heavy (non-hydrogen) atoms. The van der Waals surface area contributed by atoms with Gasteiger partial charge in [-0.1, -0.05) is 0 Å². The Hall–Kier alpha value is -0.0313. The van der Waals surface area contributed by atoms with E-state index in [0.29, 0.717) is 12.1 Å². The van der Waals surface area contributed by atoms with Gasteiger partial charge < -0.3 is 0 Å². The van der Waals surface area contributed by atoms with Crippen LogP contribution in [-0.4, -0.2) is 55.3 Å². The Balaban J connectivity index is 2.17. The first kappa shape index (κ1) is 23.2. The Kier molecular flexibility index (Phi) is 10.8. The van der Waals surface area contributed by atoms with Gasteiger partial charge in [0.1, 0.15) is 0 Å². The quantitative estimate of drug-likeness (QED) is 0.294. The number of nitrogens with zero attached hydrogens (tertiary/aromatic N) is 2. The second-order valence-corrected chi connectivity index (χ2v) is 21.8. The van der Waals surface area contributed by atoms with E-state index in [1.165, 1.54) is 77.5 Å². The van der Waals surface area contributed by atoms with Gasteiger partial charge in [0.2, 0.25) is 0 Å². The van der Waals surface area contributed by atoms with Crippen LogP contribution in [0.4, 0.5) is 0 Å². The first-order chi connectivity index (χ1) is 13.2. The van der Waals surface area contributed by atoms with Crippen LogP contribution in [0.25, 0.3) is 0 Å².